The minimum atomic E-state index is -0.451. The Morgan fingerprint density at radius 3 is 2.71 bits per heavy atom. The lowest BCUT2D eigenvalue weighted by Gasteiger charge is -2.30. The van der Waals surface area contributed by atoms with E-state index in [1.807, 2.05) is 0 Å². The van der Waals surface area contributed by atoms with Crippen molar-refractivity contribution in [2.75, 3.05) is 41.7 Å². The first-order chi connectivity index (χ1) is 15.1. The van der Waals surface area contributed by atoms with Crippen LogP contribution in [0.25, 0.3) is 10.9 Å². The molecule has 2 aliphatic rings. The number of piperazine rings is 1. The number of nitrogens with one attached hydrogen (secondary N) is 3. The Hall–Kier alpha value is -2.64. The number of hydrogen-bond donors (Lipinski definition) is 3. The molecule has 31 heavy (non-hydrogen) atoms. The summed E-state index contributed by atoms with van der Waals surface area (Å²) in [6.45, 7) is 5.97. The zero-order valence-electron chi connectivity index (χ0n) is 17.5. The van der Waals surface area contributed by atoms with E-state index in [1.165, 1.54) is 18.9 Å². The SMILES string of the molecule is C[C@@H](Nc1nc(Nc2ccc(F)c(Cl)c2)nc2c(N3CCNCC3)cccc12)C1CC1. The predicted octanol–water partition coefficient (Wildman–Crippen LogP) is 4.79. The lowest BCUT2D eigenvalue weighted by molar-refractivity contribution is 0.590. The van der Waals surface area contributed by atoms with Crippen molar-refractivity contribution in [2.24, 2.45) is 5.92 Å². The van der Waals surface area contributed by atoms with Crippen molar-refractivity contribution in [1.29, 1.82) is 0 Å². The zero-order valence-corrected chi connectivity index (χ0v) is 18.2. The van der Waals surface area contributed by atoms with E-state index in [1.54, 1.807) is 12.1 Å². The Kier molecular flexibility index (Phi) is 5.54. The number of rotatable bonds is 6. The molecule has 6 nitrogen and oxygen atoms in total. The van der Waals surface area contributed by atoms with Gasteiger partial charge in [0.15, 0.2) is 0 Å². The second-order valence-corrected chi connectivity index (χ2v) is 8.74. The summed E-state index contributed by atoms with van der Waals surface area (Å²) >= 11 is 5.96. The van der Waals surface area contributed by atoms with Crippen molar-refractivity contribution in [3.63, 3.8) is 0 Å². The summed E-state index contributed by atoms with van der Waals surface area (Å²) in [4.78, 5) is 12.0. The van der Waals surface area contributed by atoms with Gasteiger partial charge in [0.05, 0.1) is 10.7 Å². The number of aromatic nitrogens is 2. The average molecular weight is 441 g/mol. The molecule has 1 saturated carbocycles. The number of fused-ring (bicyclic) bond motifs is 1. The van der Waals surface area contributed by atoms with Crippen LogP contribution < -0.4 is 20.9 Å². The highest BCUT2D eigenvalue weighted by molar-refractivity contribution is 6.31. The van der Waals surface area contributed by atoms with Crippen LogP contribution in [0.3, 0.4) is 0 Å². The number of nitrogens with zero attached hydrogens (tertiary/aromatic N) is 3. The molecule has 1 aliphatic heterocycles. The molecule has 3 aromatic rings. The Morgan fingerprint density at radius 1 is 1.16 bits per heavy atom. The Bertz CT molecular complexity index is 1100. The molecular formula is C23H26ClFN6. The first-order valence-corrected chi connectivity index (χ1v) is 11.2. The van der Waals surface area contributed by atoms with Crippen molar-refractivity contribution in [2.45, 2.75) is 25.8 Å². The van der Waals surface area contributed by atoms with Crippen molar-refractivity contribution in [1.82, 2.24) is 15.3 Å². The standard InChI is InChI=1S/C23H26ClFN6/c1-14(15-5-6-15)27-22-17-3-2-4-20(31-11-9-26-10-12-31)21(17)29-23(30-22)28-16-7-8-19(25)18(24)13-16/h2-4,7-8,13-15,26H,5-6,9-12H2,1H3,(H2,27,28,29,30)/t14-/m1/s1. The van der Waals surface area contributed by atoms with Crippen LogP contribution in [0.5, 0.6) is 0 Å². The van der Waals surface area contributed by atoms with Crippen LogP contribution in [-0.4, -0.2) is 42.2 Å². The van der Waals surface area contributed by atoms with Gasteiger partial charge in [-0.2, -0.15) is 4.98 Å². The van der Waals surface area contributed by atoms with Crippen LogP contribution in [0.1, 0.15) is 19.8 Å². The topological polar surface area (TPSA) is 65.1 Å². The van der Waals surface area contributed by atoms with E-state index in [4.69, 9.17) is 21.6 Å². The smallest absolute Gasteiger partial charge is 0.229 e. The zero-order chi connectivity index (χ0) is 21.4. The first kappa shape index (κ1) is 20.3. The molecule has 1 saturated heterocycles. The Balaban J connectivity index is 1.57. The van der Waals surface area contributed by atoms with E-state index in [2.05, 4.69) is 46.0 Å². The predicted molar refractivity (Wildman–Crippen MR) is 125 cm³/mol. The molecule has 2 aromatic carbocycles. The van der Waals surface area contributed by atoms with Crippen molar-refractivity contribution in [3.05, 3.63) is 47.2 Å². The Morgan fingerprint density at radius 2 is 1.97 bits per heavy atom. The van der Waals surface area contributed by atoms with Gasteiger partial charge in [-0.05, 0) is 56.0 Å². The van der Waals surface area contributed by atoms with Crippen LogP contribution in [0.4, 0.5) is 27.5 Å². The fraction of sp³-hybridized carbons (Fsp3) is 0.391. The van der Waals surface area contributed by atoms with Gasteiger partial charge in [0, 0.05) is 43.3 Å². The third-order valence-electron chi connectivity index (χ3n) is 6.03. The quantitative estimate of drug-likeness (QED) is 0.512. The molecule has 5 rings (SSSR count). The summed E-state index contributed by atoms with van der Waals surface area (Å²) < 4.78 is 13.6. The van der Waals surface area contributed by atoms with E-state index in [0.29, 0.717) is 23.6 Å². The number of benzene rings is 2. The van der Waals surface area contributed by atoms with Crippen LogP contribution >= 0.6 is 11.6 Å². The van der Waals surface area contributed by atoms with E-state index < -0.39 is 5.82 Å². The molecule has 2 fully saturated rings. The van der Waals surface area contributed by atoms with Gasteiger partial charge in [-0.15, -0.1) is 0 Å². The summed E-state index contributed by atoms with van der Waals surface area (Å²) in [5.74, 6) is 1.52. The number of para-hydroxylation sites is 1. The van der Waals surface area contributed by atoms with Gasteiger partial charge in [0.1, 0.15) is 17.2 Å². The van der Waals surface area contributed by atoms with Crippen molar-refractivity contribution < 1.29 is 4.39 Å². The Labute approximate surface area is 186 Å². The van der Waals surface area contributed by atoms with Gasteiger partial charge in [-0.1, -0.05) is 17.7 Å². The van der Waals surface area contributed by atoms with Crippen LogP contribution in [0.2, 0.25) is 5.02 Å². The minimum Gasteiger partial charge on any atom is -0.367 e. The van der Waals surface area contributed by atoms with E-state index in [9.17, 15) is 4.39 Å². The molecule has 0 radical (unpaired) electrons. The summed E-state index contributed by atoms with van der Waals surface area (Å²) in [5, 5.41) is 11.3. The van der Waals surface area contributed by atoms with Gasteiger partial charge < -0.3 is 20.9 Å². The van der Waals surface area contributed by atoms with Gasteiger partial charge in [0.25, 0.3) is 0 Å². The minimum absolute atomic E-state index is 0.0630. The number of anilines is 4. The van der Waals surface area contributed by atoms with Gasteiger partial charge in [-0.3, -0.25) is 0 Å². The van der Waals surface area contributed by atoms with E-state index in [-0.39, 0.29) is 5.02 Å². The van der Waals surface area contributed by atoms with Crippen molar-refractivity contribution >= 4 is 45.6 Å². The molecule has 2 heterocycles. The monoisotopic (exact) mass is 440 g/mol. The number of hydrogen-bond acceptors (Lipinski definition) is 6. The molecule has 1 atom stereocenters. The lowest BCUT2D eigenvalue weighted by Crippen LogP contribution is -2.43. The second-order valence-electron chi connectivity index (χ2n) is 8.33. The summed E-state index contributed by atoms with van der Waals surface area (Å²) in [5.41, 5.74) is 2.65. The molecule has 162 valence electrons. The molecule has 0 amide bonds. The summed E-state index contributed by atoms with van der Waals surface area (Å²) in [6, 6.07) is 11.1. The molecule has 0 unspecified atom stereocenters. The number of halogens is 2. The van der Waals surface area contributed by atoms with Gasteiger partial charge >= 0.3 is 0 Å². The highest BCUT2D eigenvalue weighted by Gasteiger charge is 2.29. The van der Waals surface area contributed by atoms with Crippen LogP contribution in [-0.2, 0) is 0 Å². The molecule has 3 N–H and O–H groups in total. The highest BCUT2D eigenvalue weighted by Crippen LogP contribution is 2.36. The molecule has 1 aliphatic carbocycles. The normalized spacial score (nSPS) is 17.6. The van der Waals surface area contributed by atoms with E-state index >= 15 is 0 Å². The molecule has 8 heteroatoms. The summed E-state index contributed by atoms with van der Waals surface area (Å²) in [7, 11) is 0. The average Bonchev–Trinajstić information content (AvgIpc) is 3.62. The maximum absolute atomic E-state index is 13.6. The van der Waals surface area contributed by atoms with Gasteiger partial charge in [-0.25, -0.2) is 9.37 Å². The largest absolute Gasteiger partial charge is 0.367 e. The molecule has 0 spiro atoms. The van der Waals surface area contributed by atoms with E-state index in [0.717, 1.165) is 48.6 Å². The fourth-order valence-corrected chi connectivity index (χ4v) is 4.28. The summed E-state index contributed by atoms with van der Waals surface area (Å²) in [6.07, 6.45) is 2.50. The second kappa shape index (κ2) is 8.48. The third kappa shape index (κ3) is 4.38. The van der Waals surface area contributed by atoms with Gasteiger partial charge in [0.2, 0.25) is 5.95 Å². The lowest BCUT2D eigenvalue weighted by atomic mass is 10.1. The molecule has 1 aromatic heterocycles. The van der Waals surface area contributed by atoms with Crippen LogP contribution in [0, 0.1) is 11.7 Å². The maximum atomic E-state index is 13.6. The highest BCUT2D eigenvalue weighted by atomic mass is 35.5. The fourth-order valence-electron chi connectivity index (χ4n) is 4.10. The third-order valence-corrected chi connectivity index (χ3v) is 6.32. The first-order valence-electron chi connectivity index (χ1n) is 10.8. The van der Waals surface area contributed by atoms with Crippen LogP contribution in [0.15, 0.2) is 36.4 Å². The molecule has 0 bridgehead atoms. The maximum Gasteiger partial charge on any atom is 0.229 e. The van der Waals surface area contributed by atoms with Crippen molar-refractivity contribution in [3.8, 4) is 0 Å². The molecular weight excluding hydrogens is 415 g/mol.